The summed E-state index contributed by atoms with van der Waals surface area (Å²) in [6.07, 6.45) is 7.15. The van der Waals surface area contributed by atoms with Crippen LogP contribution in [0.5, 0.6) is 0 Å². The Labute approximate surface area is 137 Å². The third kappa shape index (κ3) is 3.54. The van der Waals surface area contributed by atoms with Crippen molar-refractivity contribution in [2.75, 3.05) is 26.2 Å². The number of carbonyl (C=O) groups excluding carboxylic acids is 2. The molecule has 124 valence electrons. The SMILES string of the molecule is CCC(=O)N1CCC(C2CCN(C(=O)c3ccncc3)CC2)C1. The van der Waals surface area contributed by atoms with E-state index < -0.39 is 0 Å². The fourth-order valence-corrected chi connectivity index (χ4v) is 3.87. The molecule has 2 amide bonds. The van der Waals surface area contributed by atoms with E-state index in [4.69, 9.17) is 0 Å². The molecule has 1 aromatic heterocycles. The van der Waals surface area contributed by atoms with E-state index in [0.29, 0.717) is 18.3 Å². The van der Waals surface area contributed by atoms with Crippen molar-refractivity contribution in [2.45, 2.75) is 32.6 Å². The lowest BCUT2D eigenvalue weighted by Crippen LogP contribution is -2.40. The molecule has 2 aliphatic rings. The van der Waals surface area contributed by atoms with Crippen LogP contribution in [0.4, 0.5) is 0 Å². The molecule has 0 N–H and O–H groups in total. The van der Waals surface area contributed by atoms with Crippen molar-refractivity contribution >= 4 is 11.8 Å². The van der Waals surface area contributed by atoms with Crippen LogP contribution in [0.3, 0.4) is 0 Å². The first-order valence-corrected chi connectivity index (χ1v) is 8.66. The van der Waals surface area contributed by atoms with Crippen LogP contribution in [0.25, 0.3) is 0 Å². The predicted molar refractivity (Wildman–Crippen MR) is 87.8 cm³/mol. The van der Waals surface area contributed by atoms with Gasteiger partial charge >= 0.3 is 0 Å². The Balaban J connectivity index is 1.51. The Kier molecular flexibility index (Phi) is 4.94. The molecule has 1 unspecified atom stereocenters. The summed E-state index contributed by atoms with van der Waals surface area (Å²) < 4.78 is 0. The normalized spacial score (nSPS) is 22.4. The number of rotatable bonds is 3. The minimum Gasteiger partial charge on any atom is -0.342 e. The maximum Gasteiger partial charge on any atom is 0.253 e. The number of pyridine rings is 1. The average molecular weight is 315 g/mol. The predicted octanol–water partition coefficient (Wildman–Crippen LogP) is 2.19. The second kappa shape index (κ2) is 7.11. The van der Waals surface area contributed by atoms with Gasteiger partial charge in [0.05, 0.1) is 0 Å². The highest BCUT2D eigenvalue weighted by molar-refractivity contribution is 5.94. The van der Waals surface area contributed by atoms with E-state index in [1.807, 2.05) is 16.7 Å². The molecule has 3 heterocycles. The molecule has 0 aliphatic carbocycles. The topological polar surface area (TPSA) is 53.5 Å². The molecular weight excluding hydrogens is 290 g/mol. The van der Waals surface area contributed by atoms with Crippen LogP contribution in [0.2, 0.25) is 0 Å². The summed E-state index contributed by atoms with van der Waals surface area (Å²) in [5, 5.41) is 0. The zero-order valence-electron chi connectivity index (χ0n) is 13.8. The number of aromatic nitrogens is 1. The molecule has 0 bridgehead atoms. The van der Waals surface area contributed by atoms with Gasteiger partial charge in [-0.2, -0.15) is 0 Å². The van der Waals surface area contributed by atoms with Crippen LogP contribution in [-0.4, -0.2) is 52.8 Å². The first-order valence-electron chi connectivity index (χ1n) is 8.66. The molecule has 3 rings (SSSR count). The lowest BCUT2D eigenvalue weighted by atomic mass is 9.83. The maximum atomic E-state index is 12.5. The third-order valence-corrected chi connectivity index (χ3v) is 5.30. The number of carbonyl (C=O) groups is 2. The number of hydrogen-bond acceptors (Lipinski definition) is 3. The number of hydrogen-bond donors (Lipinski definition) is 0. The molecule has 0 spiro atoms. The smallest absolute Gasteiger partial charge is 0.253 e. The van der Waals surface area contributed by atoms with E-state index >= 15 is 0 Å². The molecular formula is C18H25N3O2. The fraction of sp³-hybridized carbons (Fsp3) is 0.611. The fourth-order valence-electron chi connectivity index (χ4n) is 3.87. The van der Waals surface area contributed by atoms with Crippen molar-refractivity contribution in [3.63, 3.8) is 0 Å². The summed E-state index contributed by atoms with van der Waals surface area (Å²) in [6, 6.07) is 3.55. The molecule has 2 fully saturated rings. The summed E-state index contributed by atoms with van der Waals surface area (Å²) in [6.45, 7) is 5.40. The first kappa shape index (κ1) is 16.0. The van der Waals surface area contributed by atoms with E-state index in [2.05, 4.69) is 4.98 Å². The van der Waals surface area contributed by atoms with Crippen LogP contribution >= 0.6 is 0 Å². The van der Waals surface area contributed by atoms with Gasteiger partial charge in [0, 0.05) is 50.6 Å². The maximum absolute atomic E-state index is 12.5. The summed E-state index contributed by atoms with van der Waals surface area (Å²) in [5.74, 6) is 1.65. The van der Waals surface area contributed by atoms with Gasteiger partial charge in [-0.3, -0.25) is 14.6 Å². The minimum atomic E-state index is 0.111. The van der Waals surface area contributed by atoms with Gasteiger partial charge in [-0.15, -0.1) is 0 Å². The Bertz CT molecular complexity index is 553. The van der Waals surface area contributed by atoms with Gasteiger partial charge in [-0.25, -0.2) is 0 Å². The van der Waals surface area contributed by atoms with Crippen molar-refractivity contribution in [2.24, 2.45) is 11.8 Å². The first-order chi connectivity index (χ1) is 11.2. The highest BCUT2D eigenvalue weighted by atomic mass is 16.2. The summed E-state index contributed by atoms with van der Waals surface area (Å²) >= 11 is 0. The van der Waals surface area contributed by atoms with Crippen molar-refractivity contribution in [1.82, 2.24) is 14.8 Å². The lowest BCUT2D eigenvalue weighted by molar-refractivity contribution is -0.130. The highest BCUT2D eigenvalue weighted by Crippen LogP contribution is 2.32. The Morgan fingerprint density at radius 2 is 1.65 bits per heavy atom. The van der Waals surface area contributed by atoms with Crippen molar-refractivity contribution in [3.05, 3.63) is 30.1 Å². The van der Waals surface area contributed by atoms with Gasteiger partial charge in [-0.05, 0) is 43.2 Å². The molecule has 23 heavy (non-hydrogen) atoms. The lowest BCUT2D eigenvalue weighted by Gasteiger charge is -2.35. The number of amides is 2. The summed E-state index contributed by atoms with van der Waals surface area (Å²) in [4.78, 5) is 32.2. The van der Waals surface area contributed by atoms with Gasteiger partial charge in [0.2, 0.25) is 5.91 Å². The monoisotopic (exact) mass is 315 g/mol. The van der Waals surface area contributed by atoms with E-state index in [0.717, 1.165) is 51.0 Å². The highest BCUT2D eigenvalue weighted by Gasteiger charge is 2.34. The quantitative estimate of drug-likeness (QED) is 0.859. The largest absolute Gasteiger partial charge is 0.342 e. The molecule has 0 aromatic carbocycles. The number of nitrogens with zero attached hydrogens (tertiary/aromatic N) is 3. The van der Waals surface area contributed by atoms with Crippen molar-refractivity contribution < 1.29 is 9.59 Å². The van der Waals surface area contributed by atoms with Gasteiger partial charge < -0.3 is 9.80 Å². The van der Waals surface area contributed by atoms with Crippen LogP contribution in [0.1, 0.15) is 43.0 Å². The van der Waals surface area contributed by atoms with E-state index in [-0.39, 0.29) is 11.8 Å². The second-order valence-electron chi connectivity index (χ2n) is 6.61. The summed E-state index contributed by atoms with van der Waals surface area (Å²) in [7, 11) is 0. The average Bonchev–Trinajstić information content (AvgIpc) is 3.11. The molecule has 1 atom stereocenters. The van der Waals surface area contributed by atoms with Crippen LogP contribution < -0.4 is 0 Å². The Morgan fingerprint density at radius 1 is 1.04 bits per heavy atom. The number of piperidine rings is 1. The van der Waals surface area contributed by atoms with E-state index in [1.54, 1.807) is 24.5 Å². The van der Waals surface area contributed by atoms with Crippen LogP contribution in [0.15, 0.2) is 24.5 Å². The molecule has 2 saturated heterocycles. The zero-order chi connectivity index (χ0) is 16.2. The minimum absolute atomic E-state index is 0.111. The molecule has 5 nitrogen and oxygen atoms in total. The summed E-state index contributed by atoms with van der Waals surface area (Å²) in [5.41, 5.74) is 0.721. The van der Waals surface area contributed by atoms with Gasteiger partial charge in [0.15, 0.2) is 0 Å². The van der Waals surface area contributed by atoms with E-state index in [9.17, 15) is 9.59 Å². The van der Waals surface area contributed by atoms with Crippen LogP contribution in [0, 0.1) is 11.8 Å². The second-order valence-corrected chi connectivity index (χ2v) is 6.61. The van der Waals surface area contributed by atoms with Crippen molar-refractivity contribution in [3.8, 4) is 0 Å². The van der Waals surface area contributed by atoms with Gasteiger partial charge in [0.25, 0.3) is 5.91 Å². The van der Waals surface area contributed by atoms with Crippen molar-refractivity contribution in [1.29, 1.82) is 0 Å². The Hall–Kier alpha value is -1.91. The van der Waals surface area contributed by atoms with Gasteiger partial charge in [-0.1, -0.05) is 6.92 Å². The van der Waals surface area contributed by atoms with Crippen LogP contribution in [-0.2, 0) is 4.79 Å². The zero-order valence-corrected chi connectivity index (χ0v) is 13.8. The van der Waals surface area contributed by atoms with E-state index in [1.165, 1.54) is 0 Å². The van der Waals surface area contributed by atoms with Gasteiger partial charge in [0.1, 0.15) is 0 Å². The number of likely N-dealkylation sites (tertiary alicyclic amines) is 2. The molecule has 2 aliphatic heterocycles. The molecule has 0 saturated carbocycles. The standard InChI is InChI=1S/C18H25N3O2/c1-2-17(22)21-12-7-16(13-21)14-5-10-20(11-6-14)18(23)15-3-8-19-9-4-15/h3-4,8-9,14,16H,2,5-7,10-13H2,1H3. The molecule has 5 heteroatoms. The molecule has 0 radical (unpaired) electrons. The third-order valence-electron chi connectivity index (χ3n) is 5.30. The Morgan fingerprint density at radius 3 is 2.30 bits per heavy atom. The molecule has 1 aromatic rings.